The second kappa shape index (κ2) is 7.03. The van der Waals surface area contributed by atoms with Gasteiger partial charge in [-0.2, -0.15) is 0 Å². The molecule has 136 valence electrons. The molecule has 7 nitrogen and oxygen atoms in total. The van der Waals surface area contributed by atoms with E-state index in [-0.39, 0.29) is 30.6 Å². The molecule has 1 amide bonds. The smallest absolute Gasteiger partial charge is 0.354 e. The Bertz CT molecular complexity index is 873. The highest BCUT2D eigenvalue weighted by atomic mass is 19.3. The van der Waals surface area contributed by atoms with Crippen molar-refractivity contribution in [1.82, 2.24) is 14.9 Å². The third kappa shape index (κ3) is 3.46. The number of aromatic nitrogens is 2. The molecule has 0 spiro atoms. The molecule has 0 aliphatic carbocycles. The zero-order valence-electron chi connectivity index (χ0n) is 13.8. The highest BCUT2D eigenvalue weighted by Crippen LogP contribution is 2.27. The normalized spacial score (nSPS) is 13.2. The minimum Gasteiger partial charge on any atom is -0.477 e. The predicted molar refractivity (Wildman–Crippen MR) is 85.2 cm³/mol. The van der Waals surface area contributed by atoms with Crippen LogP contribution in [0.3, 0.4) is 0 Å². The van der Waals surface area contributed by atoms with Crippen molar-refractivity contribution in [3.63, 3.8) is 0 Å². The molecule has 2 aromatic rings. The van der Waals surface area contributed by atoms with E-state index in [1.165, 1.54) is 23.4 Å². The van der Waals surface area contributed by atoms with Crippen molar-refractivity contribution in [2.75, 3.05) is 6.61 Å². The minimum atomic E-state index is -2.59. The van der Waals surface area contributed by atoms with Gasteiger partial charge in [0.1, 0.15) is 0 Å². The molecule has 1 aliphatic rings. The predicted octanol–water partition coefficient (Wildman–Crippen LogP) is 2.28. The molecule has 0 fully saturated rings. The molecule has 0 radical (unpaired) electrons. The van der Waals surface area contributed by atoms with Crippen LogP contribution >= 0.6 is 0 Å². The average molecular weight is 363 g/mol. The molecule has 3 heterocycles. The minimum absolute atomic E-state index is 0.113. The van der Waals surface area contributed by atoms with E-state index >= 15 is 0 Å². The first-order chi connectivity index (χ1) is 12.4. The number of alkyl halides is 2. The van der Waals surface area contributed by atoms with Crippen molar-refractivity contribution >= 4 is 11.9 Å². The van der Waals surface area contributed by atoms with Crippen molar-refractivity contribution in [2.24, 2.45) is 0 Å². The van der Waals surface area contributed by atoms with Gasteiger partial charge in [0.25, 0.3) is 12.3 Å². The number of amides is 1. The molecule has 0 bridgehead atoms. The van der Waals surface area contributed by atoms with Gasteiger partial charge in [0, 0.05) is 42.2 Å². The second-order valence-electron chi connectivity index (χ2n) is 5.82. The van der Waals surface area contributed by atoms with Gasteiger partial charge in [0.2, 0.25) is 5.88 Å². The summed E-state index contributed by atoms with van der Waals surface area (Å²) in [5.74, 6) is -1.36. The van der Waals surface area contributed by atoms with Crippen molar-refractivity contribution in [3.05, 3.63) is 52.5 Å². The van der Waals surface area contributed by atoms with Gasteiger partial charge in [0.15, 0.2) is 12.3 Å². The third-order valence-electron chi connectivity index (χ3n) is 3.93. The summed E-state index contributed by atoms with van der Waals surface area (Å²) in [6.45, 7) is 1.27. The second-order valence-corrected chi connectivity index (χ2v) is 5.82. The van der Waals surface area contributed by atoms with Crippen molar-refractivity contribution in [2.45, 2.75) is 26.4 Å². The number of rotatable bonds is 6. The van der Waals surface area contributed by atoms with E-state index in [1.54, 1.807) is 13.0 Å². The number of fused-ring (bicyclic) bond motifs is 1. The van der Waals surface area contributed by atoms with Gasteiger partial charge >= 0.3 is 5.97 Å². The number of aromatic carboxylic acids is 1. The molecule has 0 saturated heterocycles. The zero-order chi connectivity index (χ0) is 18.8. The van der Waals surface area contributed by atoms with Gasteiger partial charge in [-0.3, -0.25) is 4.79 Å². The number of hydrogen-bond acceptors (Lipinski definition) is 5. The molecule has 1 aliphatic heterocycles. The Morgan fingerprint density at radius 2 is 2.19 bits per heavy atom. The number of carbonyl (C=O) groups is 2. The van der Waals surface area contributed by atoms with E-state index in [1.807, 2.05) is 0 Å². The first kappa shape index (κ1) is 17.7. The van der Waals surface area contributed by atoms with Gasteiger partial charge in [-0.1, -0.05) is 0 Å². The Labute approximate surface area is 147 Å². The lowest BCUT2D eigenvalue weighted by Crippen LogP contribution is -2.23. The Kier molecular flexibility index (Phi) is 4.79. The first-order valence-corrected chi connectivity index (χ1v) is 7.73. The molecule has 2 aromatic heterocycles. The van der Waals surface area contributed by atoms with Crippen LogP contribution in [0, 0.1) is 6.92 Å². The van der Waals surface area contributed by atoms with Gasteiger partial charge in [0.05, 0.1) is 0 Å². The zero-order valence-corrected chi connectivity index (χ0v) is 13.8. The van der Waals surface area contributed by atoms with Crippen LogP contribution in [0.4, 0.5) is 8.78 Å². The molecule has 1 N–H and O–H groups in total. The fourth-order valence-corrected chi connectivity index (χ4v) is 2.82. The summed E-state index contributed by atoms with van der Waals surface area (Å²) in [6.07, 6.45) is 0.152. The van der Waals surface area contributed by atoms with Crippen molar-refractivity contribution < 1.29 is 28.2 Å². The van der Waals surface area contributed by atoms with Crippen molar-refractivity contribution in [3.8, 4) is 5.88 Å². The van der Waals surface area contributed by atoms with Gasteiger partial charge < -0.3 is 14.7 Å². The van der Waals surface area contributed by atoms with Crippen LogP contribution in [-0.4, -0.2) is 44.9 Å². The van der Waals surface area contributed by atoms with E-state index in [9.17, 15) is 23.5 Å². The number of nitrogens with zero attached hydrogens (tertiary/aromatic N) is 3. The van der Waals surface area contributed by atoms with Gasteiger partial charge in [-0.05, 0) is 24.6 Å². The van der Waals surface area contributed by atoms with Gasteiger partial charge in [-0.15, -0.1) is 0 Å². The maximum Gasteiger partial charge on any atom is 0.354 e. The van der Waals surface area contributed by atoms with E-state index < -0.39 is 19.0 Å². The summed E-state index contributed by atoms with van der Waals surface area (Å²) in [5.41, 5.74) is 1.81. The Morgan fingerprint density at radius 3 is 2.85 bits per heavy atom. The maximum atomic E-state index is 12.5. The van der Waals surface area contributed by atoms with Crippen LogP contribution in [-0.2, 0) is 13.1 Å². The number of carboxylic acid groups (broad SMARTS) is 1. The van der Waals surface area contributed by atoms with Crippen LogP contribution in [0.15, 0.2) is 24.5 Å². The molecule has 3 rings (SSSR count). The number of ether oxygens (including phenoxy) is 1. The molecule has 26 heavy (non-hydrogen) atoms. The Morgan fingerprint density at radius 1 is 1.42 bits per heavy atom. The molecule has 9 heteroatoms. The summed E-state index contributed by atoms with van der Waals surface area (Å²) in [6, 6.07) is 3.19. The van der Waals surface area contributed by atoms with Crippen LogP contribution in [0.1, 0.15) is 37.5 Å². The number of aryl methyl sites for hydroxylation is 1. The summed E-state index contributed by atoms with van der Waals surface area (Å²) in [5, 5.41) is 9.20. The fourth-order valence-electron chi connectivity index (χ4n) is 2.82. The number of carbonyl (C=O) groups excluding carboxylic acids is 1. The molecular weight excluding hydrogens is 348 g/mol. The molecule has 0 saturated carbocycles. The van der Waals surface area contributed by atoms with E-state index in [4.69, 9.17) is 4.74 Å². The number of carboxylic acids is 1. The van der Waals surface area contributed by atoms with Crippen LogP contribution in [0.2, 0.25) is 0 Å². The largest absolute Gasteiger partial charge is 0.477 e. The summed E-state index contributed by atoms with van der Waals surface area (Å²) in [7, 11) is 0. The van der Waals surface area contributed by atoms with Crippen LogP contribution in [0.25, 0.3) is 0 Å². The topological polar surface area (TPSA) is 92.6 Å². The van der Waals surface area contributed by atoms with Crippen LogP contribution in [0.5, 0.6) is 5.88 Å². The molecule has 0 unspecified atom stereocenters. The first-order valence-electron chi connectivity index (χ1n) is 7.73. The third-order valence-corrected chi connectivity index (χ3v) is 3.93. The lowest BCUT2D eigenvalue weighted by molar-refractivity contribution is 0.0685. The summed E-state index contributed by atoms with van der Waals surface area (Å²) < 4.78 is 29.4. The SMILES string of the molecule is Cc1cc(CN2Cc3c(ccnc3C(=O)O)C2=O)cnc1OCC(F)F. The lowest BCUT2D eigenvalue weighted by atomic mass is 10.1. The van der Waals surface area contributed by atoms with E-state index in [0.717, 1.165) is 0 Å². The lowest BCUT2D eigenvalue weighted by Gasteiger charge is -2.16. The monoisotopic (exact) mass is 363 g/mol. The Balaban J connectivity index is 1.76. The quantitative estimate of drug-likeness (QED) is 0.846. The maximum absolute atomic E-state index is 12.5. The average Bonchev–Trinajstić information content (AvgIpc) is 2.90. The number of pyridine rings is 2. The van der Waals surface area contributed by atoms with E-state index in [0.29, 0.717) is 22.3 Å². The van der Waals surface area contributed by atoms with E-state index in [2.05, 4.69) is 9.97 Å². The Hall–Kier alpha value is -3.10. The molecule has 0 atom stereocenters. The summed E-state index contributed by atoms with van der Waals surface area (Å²) >= 11 is 0. The number of halogens is 2. The number of hydrogen-bond donors (Lipinski definition) is 1. The van der Waals surface area contributed by atoms with Crippen molar-refractivity contribution in [1.29, 1.82) is 0 Å². The van der Waals surface area contributed by atoms with Crippen LogP contribution < -0.4 is 4.74 Å². The highest BCUT2D eigenvalue weighted by molar-refractivity contribution is 6.01. The molecular formula is C17H15F2N3O4. The molecule has 0 aromatic carbocycles. The standard InChI is InChI=1S/C17H15F2N3O4/c1-9-4-10(5-21-15(9)26-8-13(18)19)6-22-7-12-11(16(22)23)2-3-20-14(12)17(24)25/h2-5,13H,6-8H2,1H3,(H,24,25). The fraction of sp³-hybridized carbons (Fsp3) is 0.294. The van der Waals surface area contributed by atoms with Gasteiger partial charge in [-0.25, -0.2) is 23.5 Å². The summed E-state index contributed by atoms with van der Waals surface area (Å²) in [4.78, 5) is 33.0. The highest BCUT2D eigenvalue weighted by Gasteiger charge is 2.31.